The number of rotatable bonds is 5. The first-order valence-electron chi connectivity index (χ1n) is 10.2. The normalized spacial score (nSPS) is 15.9. The average molecular weight is 474 g/mol. The molecule has 3 N–H and O–H groups in total. The maximum atomic E-state index is 13.4. The summed E-state index contributed by atoms with van der Waals surface area (Å²) in [6.07, 6.45) is -1.89. The third-order valence-electron chi connectivity index (χ3n) is 5.41. The lowest BCUT2D eigenvalue weighted by Gasteiger charge is -2.32. The molecule has 0 radical (unpaired) electrons. The second-order valence-electron chi connectivity index (χ2n) is 7.81. The SMILES string of the molecule is COCc1cc(N2C[C@H](C)n3ncc(NC(=O)c4ccc(N)nc4)c3C2=O)ccc1C(F)(F)F. The maximum absolute atomic E-state index is 13.4. The molecular weight excluding hydrogens is 453 g/mol. The summed E-state index contributed by atoms with van der Waals surface area (Å²) in [5.74, 6) is -0.772. The van der Waals surface area contributed by atoms with Crippen molar-refractivity contribution in [2.45, 2.75) is 25.7 Å². The van der Waals surface area contributed by atoms with Gasteiger partial charge in [0, 0.05) is 25.5 Å². The van der Waals surface area contributed by atoms with E-state index in [1.165, 1.54) is 53.4 Å². The van der Waals surface area contributed by atoms with Gasteiger partial charge >= 0.3 is 6.18 Å². The van der Waals surface area contributed by atoms with E-state index in [1.54, 1.807) is 0 Å². The van der Waals surface area contributed by atoms with E-state index in [2.05, 4.69) is 15.4 Å². The number of carbonyl (C=O) groups is 2. The molecule has 1 aliphatic rings. The standard InChI is InChI=1S/C22H21F3N6O3/c1-12-10-30(15-4-5-16(22(23,24)25)14(7-15)11-34-2)21(33)19-17(9-28-31(12)19)29-20(32)13-3-6-18(26)27-8-13/h3-9,12H,10-11H2,1-2H3,(H2,26,27)(H,29,32)/t12-/m0/s1. The Kier molecular flexibility index (Phi) is 6.00. The molecule has 4 rings (SSSR count). The highest BCUT2D eigenvalue weighted by atomic mass is 19.4. The predicted molar refractivity (Wildman–Crippen MR) is 117 cm³/mol. The molecule has 34 heavy (non-hydrogen) atoms. The van der Waals surface area contributed by atoms with Crippen LogP contribution in [-0.2, 0) is 17.5 Å². The van der Waals surface area contributed by atoms with E-state index >= 15 is 0 Å². The number of nitrogens with zero attached hydrogens (tertiary/aromatic N) is 4. The summed E-state index contributed by atoms with van der Waals surface area (Å²) in [7, 11) is 1.30. The number of nitrogen functional groups attached to an aromatic ring is 1. The van der Waals surface area contributed by atoms with Crippen molar-refractivity contribution in [2.24, 2.45) is 0 Å². The number of aromatic nitrogens is 3. The van der Waals surface area contributed by atoms with Gasteiger partial charge in [-0.25, -0.2) is 4.98 Å². The summed E-state index contributed by atoms with van der Waals surface area (Å²) in [5, 5.41) is 6.87. The molecule has 0 bridgehead atoms. The first kappa shape index (κ1) is 23.2. The van der Waals surface area contributed by atoms with E-state index in [1.807, 2.05) is 6.92 Å². The zero-order chi connectivity index (χ0) is 24.6. The Balaban J connectivity index is 1.67. The number of nitrogens with one attached hydrogen (secondary N) is 1. The Morgan fingerprint density at radius 3 is 2.68 bits per heavy atom. The van der Waals surface area contributed by atoms with Gasteiger partial charge in [-0.15, -0.1) is 0 Å². The molecule has 2 aromatic heterocycles. The fourth-order valence-corrected chi connectivity index (χ4v) is 3.81. The molecule has 0 aliphatic carbocycles. The quantitative estimate of drug-likeness (QED) is 0.585. The van der Waals surface area contributed by atoms with Crippen LogP contribution < -0.4 is 16.0 Å². The fraction of sp³-hybridized carbons (Fsp3) is 0.273. The highest BCUT2D eigenvalue weighted by molar-refractivity contribution is 6.13. The monoisotopic (exact) mass is 474 g/mol. The summed E-state index contributed by atoms with van der Waals surface area (Å²) >= 11 is 0. The number of ether oxygens (including phenoxy) is 1. The summed E-state index contributed by atoms with van der Waals surface area (Å²) in [6.45, 7) is 1.72. The molecule has 2 amide bonds. The highest BCUT2D eigenvalue weighted by Gasteiger charge is 2.36. The van der Waals surface area contributed by atoms with Crippen LogP contribution in [0.25, 0.3) is 0 Å². The van der Waals surface area contributed by atoms with Gasteiger partial charge in [-0.05, 0) is 42.8 Å². The number of hydrogen-bond acceptors (Lipinski definition) is 6. The molecule has 0 saturated carbocycles. The summed E-state index contributed by atoms with van der Waals surface area (Å²) in [5.41, 5.74) is 5.43. The topological polar surface area (TPSA) is 115 Å². The summed E-state index contributed by atoms with van der Waals surface area (Å²) < 4.78 is 46.5. The van der Waals surface area contributed by atoms with Gasteiger partial charge in [0.05, 0.1) is 35.7 Å². The number of methoxy groups -OCH3 is 1. The molecule has 3 aromatic rings. The number of anilines is 3. The Morgan fingerprint density at radius 2 is 2.03 bits per heavy atom. The van der Waals surface area contributed by atoms with Gasteiger partial charge in [0.15, 0.2) is 5.69 Å². The van der Waals surface area contributed by atoms with Crippen molar-refractivity contribution >= 4 is 29.0 Å². The largest absolute Gasteiger partial charge is 0.416 e. The number of hydrogen-bond donors (Lipinski definition) is 2. The first-order chi connectivity index (χ1) is 16.1. The first-order valence-corrected chi connectivity index (χ1v) is 10.2. The number of carbonyl (C=O) groups excluding carboxylic acids is 2. The van der Waals surface area contributed by atoms with E-state index < -0.39 is 23.6 Å². The Hall–Kier alpha value is -3.93. The van der Waals surface area contributed by atoms with Crippen LogP contribution >= 0.6 is 0 Å². The van der Waals surface area contributed by atoms with Crippen LogP contribution in [0.3, 0.4) is 0 Å². The number of halogens is 3. The molecule has 12 heteroatoms. The third-order valence-corrected chi connectivity index (χ3v) is 5.41. The molecule has 0 spiro atoms. The molecule has 0 unspecified atom stereocenters. The van der Waals surface area contributed by atoms with Crippen LogP contribution in [0.5, 0.6) is 0 Å². The Morgan fingerprint density at radius 1 is 1.26 bits per heavy atom. The van der Waals surface area contributed by atoms with Crippen LogP contribution in [0.1, 0.15) is 44.9 Å². The van der Waals surface area contributed by atoms with Gasteiger partial charge in [0.25, 0.3) is 11.8 Å². The van der Waals surface area contributed by atoms with Crippen molar-refractivity contribution in [3.8, 4) is 0 Å². The molecule has 1 aliphatic heterocycles. The molecule has 0 fully saturated rings. The lowest BCUT2D eigenvalue weighted by molar-refractivity contribution is -0.138. The van der Waals surface area contributed by atoms with E-state index in [0.29, 0.717) is 0 Å². The van der Waals surface area contributed by atoms with Crippen LogP contribution in [0, 0.1) is 0 Å². The van der Waals surface area contributed by atoms with Crippen molar-refractivity contribution in [3.05, 3.63) is 65.1 Å². The fourth-order valence-electron chi connectivity index (χ4n) is 3.81. The van der Waals surface area contributed by atoms with E-state index in [4.69, 9.17) is 10.5 Å². The van der Waals surface area contributed by atoms with Crippen molar-refractivity contribution in [1.29, 1.82) is 0 Å². The van der Waals surface area contributed by atoms with Crippen LogP contribution in [-0.4, -0.2) is 40.2 Å². The van der Waals surface area contributed by atoms with Crippen LogP contribution in [0.15, 0.2) is 42.7 Å². The van der Waals surface area contributed by atoms with Crippen molar-refractivity contribution in [1.82, 2.24) is 14.8 Å². The van der Waals surface area contributed by atoms with E-state index in [0.717, 1.165) is 6.07 Å². The van der Waals surface area contributed by atoms with Gasteiger partial charge in [0.2, 0.25) is 0 Å². The highest BCUT2D eigenvalue weighted by Crippen LogP contribution is 2.36. The third kappa shape index (κ3) is 4.31. The minimum absolute atomic E-state index is 0.0867. The molecule has 0 saturated heterocycles. The molecule has 1 aromatic carbocycles. The molecule has 1 atom stereocenters. The zero-order valence-electron chi connectivity index (χ0n) is 18.3. The average Bonchev–Trinajstić information content (AvgIpc) is 3.20. The lowest BCUT2D eigenvalue weighted by atomic mass is 10.0. The number of benzene rings is 1. The number of alkyl halides is 3. The summed E-state index contributed by atoms with van der Waals surface area (Å²) in [4.78, 5) is 31.2. The van der Waals surface area contributed by atoms with Gasteiger partial charge in [-0.2, -0.15) is 18.3 Å². The Labute approximate surface area is 192 Å². The van der Waals surface area contributed by atoms with Crippen molar-refractivity contribution in [2.75, 3.05) is 29.6 Å². The van der Waals surface area contributed by atoms with Gasteiger partial charge < -0.3 is 20.7 Å². The van der Waals surface area contributed by atoms with Crippen molar-refractivity contribution in [3.63, 3.8) is 0 Å². The van der Waals surface area contributed by atoms with Crippen LogP contribution in [0.4, 0.5) is 30.4 Å². The predicted octanol–water partition coefficient (Wildman–Crippen LogP) is 3.50. The zero-order valence-corrected chi connectivity index (χ0v) is 18.3. The minimum Gasteiger partial charge on any atom is -0.384 e. The minimum atomic E-state index is -4.56. The van der Waals surface area contributed by atoms with Gasteiger partial charge in [0.1, 0.15) is 5.82 Å². The molecule has 9 nitrogen and oxygen atoms in total. The summed E-state index contributed by atoms with van der Waals surface area (Å²) in [6, 6.07) is 6.14. The number of nitrogens with two attached hydrogens (primary N) is 1. The Bertz CT molecular complexity index is 1240. The molecule has 178 valence electrons. The van der Waals surface area contributed by atoms with E-state index in [-0.39, 0.29) is 53.2 Å². The van der Waals surface area contributed by atoms with Gasteiger partial charge in [-0.1, -0.05) is 0 Å². The lowest BCUT2D eigenvalue weighted by Crippen LogP contribution is -2.43. The molecule has 3 heterocycles. The second-order valence-corrected chi connectivity index (χ2v) is 7.81. The van der Waals surface area contributed by atoms with Crippen LogP contribution in [0.2, 0.25) is 0 Å². The van der Waals surface area contributed by atoms with Crippen molar-refractivity contribution < 1.29 is 27.5 Å². The van der Waals surface area contributed by atoms with E-state index in [9.17, 15) is 22.8 Å². The maximum Gasteiger partial charge on any atom is 0.416 e. The number of fused-ring (bicyclic) bond motifs is 1. The number of pyridine rings is 1. The molecular formula is C22H21F3N6O3. The second kappa shape index (κ2) is 8.78. The smallest absolute Gasteiger partial charge is 0.384 e. The number of amides is 2. The van der Waals surface area contributed by atoms with Gasteiger partial charge in [-0.3, -0.25) is 14.3 Å².